The zero-order valence-corrected chi connectivity index (χ0v) is 24.6. The summed E-state index contributed by atoms with van der Waals surface area (Å²) >= 11 is -0.841. The minimum Gasteiger partial charge on any atom is -1.00 e. The van der Waals surface area contributed by atoms with E-state index in [1.54, 1.807) is 12.1 Å². The molecule has 32 heavy (non-hydrogen) atoms. The predicted octanol–water partition coefficient (Wildman–Crippen LogP) is -0.0257. The molecular formula is C29H35Cl2Zr. The molecule has 1 unspecified atom stereocenters. The molecule has 169 valence electrons. The average Bonchev–Trinajstić information content (AvgIpc) is 3.27. The molecule has 4 rings (SSSR count). The maximum atomic E-state index is 2.57. The molecule has 0 heterocycles. The second kappa shape index (κ2) is 9.48. The molecule has 0 bridgehead atoms. The molecule has 0 nitrogen and oxygen atoms in total. The zero-order valence-electron chi connectivity index (χ0n) is 20.7. The summed E-state index contributed by atoms with van der Waals surface area (Å²) in [4.78, 5) is 0. The van der Waals surface area contributed by atoms with Gasteiger partial charge in [-0.2, -0.15) is 0 Å². The van der Waals surface area contributed by atoms with Crippen LogP contribution in [-0.4, -0.2) is 3.21 Å². The third kappa shape index (κ3) is 4.47. The second-order valence-corrected chi connectivity index (χ2v) is 15.5. The van der Waals surface area contributed by atoms with E-state index in [9.17, 15) is 0 Å². The molecule has 0 N–H and O–H groups in total. The molecule has 3 aliphatic carbocycles. The molecule has 3 heteroatoms. The third-order valence-electron chi connectivity index (χ3n) is 6.80. The van der Waals surface area contributed by atoms with Gasteiger partial charge in [-0.1, -0.05) is 0 Å². The topological polar surface area (TPSA) is 0 Å². The summed E-state index contributed by atoms with van der Waals surface area (Å²) in [5.74, 6) is 0. The second-order valence-electron chi connectivity index (χ2n) is 11.2. The van der Waals surface area contributed by atoms with Gasteiger partial charge < -0.3 is 24.8 Å². The maximum Gasteiger partial charge on any atom is -1.00 e. The number of hydrogen-bond acceptors (Lipinski definition) is 0. The van der Waals surface area contributed by atoms with Gasteiger partial charge in [-0.3, -0.25) is 0 Å². The average molecular weight is 546 g/mol. The van der Waals surface area contributed by atoms with Crippen molar-refractivity contribution in [2.75, 3.05) is 0 Å². The molecule has 0 aliphatic heterocycles. The van der Waals surface area contributed by atoms with Crippen molar-refractivity contribution in [2.45, 2.75) is 67.2 Å². The van der Waals surface area contributed by atoms with Crippen LogP contribution in [0.2, 0.25) is 0 Å². The van der Waals surface area contributed by atoms with E-state index in [4.69, 9.17) is 0 Å². The first-order valence-electron chi connectivity index (χ1n) is 11.2. The minimum atomic E-state index is -0.841. The van der Waals surface area contributed by atoms with Gasteiger partial charge in [0.2, 0.25) is 0 Å². The van der Waals surface area contributed by atoms with Crippen LogP contribution in [0.5, 0.6) is 0 Å². The van der Waals surface area contributed by atoms with Gasteiger partial charge in [0, 0.05) is 0 Å². The molecule has 3 aliphatic rings. The maximum absolute atomic E-state index is 2.57. The number of allylic oxidation sites excluding steroid dienone is 8. The summed E-state index contributed by atoms with van der Waals surface area (Å²) in [5.41, 5.74) is 6.34. The Morgan fingerprint density at radius 1 is 0.969 bits per heavy atom. The van der Waals surface area contributed by atoms with Crippen LogP contribution in [0.1, 0.15) is 67.4 Å². The van der Waals surface area contributed by atoms with E-state index >= 15 is 0 Å². The van der Waals surface area contributed by atoms with E-state index in [0.29, 0.717) is 0 Å². The quantitative estimate of drug-likeness (QED) is 0.490. The number of fused-ring (bicyclic) bond motifs is 2. The summed E-state index contributed by atoms with van der Waals surface area (Å²) in [6, 6.07) is 7.13. The van der Waals surface area contributed by atoms with Gasteiger partial charge in [0.15, 0.2) is 0 Å². The summed E-state index contributed by atoms with van der Waals surface area (Å²) in [5, 5.41) is 2.83. The Bertz CT molecular complexity index is 1190. The van der Waals surface area contributed by atoms with Crippen molar-refractivity contribution in [2.24, 2.45) is 10.8 Å². The molecule has 0 fully saturated rings. The Balaban J connectivity index is 0.00000181. The van der Waals surface area contributed by atoms with Crippen molar-refractivity contribution in [1.82, 2.24) is 0 Å². The van der Waals surface area contributed by atoms with Gasteiger partial charge >= 0.3 is 195 Å². The van der Waals surface area contributed by atoms with Crippen molar-refractivity contribution in [3.63, 3.8) is 0 Å². The van der Waals surface area contributed by atoms with Crippen LogP contribution in [0.15, 0.2) is 63.0 Å². The minimum absolute atomic E-state index is 0. The van der Waals surface area contributed by atoms with E-state index in [2.05, 4.69) is 110 Å². The molecule has 0 saturated heterocycles. The summed E-state index contributed by atoms with van der Waals surface area (Å²) in [6.45, 7) is 18.9. The first kappa shape index (κ1) is 27.5. The van der Waals surface area contributed by atoms with Crippen molar-refractivity contribution in [3.05, 3.63) is 79.0 Å². The fraction of sp³-hybridized carbons (Fsp3) is 0.414. The van der Waals surface area contributed by atoms with Gasteiger partial charge in [-0.05, 0) is 0 Å². The standard InChI is InChI=1S/C26H29.C3H6.2ClH.Zr/c1-24(2,3)21-11-12-22-18(16-21)15-19-17-26(25(4,5)6,14-13-23(19)22)20-9-7-8-10-20;1-3-2;;;/h7-9,11-16H,10H2,1-6H3;1-2H3;2*1H;/q;;;;+2/p-2. The third-order valence-corrected chi connectivity index (χ3v) is 10.3. The molecule has 1 atom stereocenters. The number of rotatable bonds is 2. The fourth-order valence-corrected chi connectivity index (χ4v) is 9.27. The van der Waals surface area contributed by atoms with Crippen LogP contribution in [0, 0.1) is 10.8 Å². The van der Waals surface area contributed by atoms with Crippen LogP contribution in [-0.2, 0) is 28.2 Å². The van der Waals surface area contributed by atoms with Gasteiger partial charge in [0.25, 0.3) is 0 Å². The van der Waals surface area contributed by atoms with E-state index in [1.165, 1.54) is 27.1 Å². The predicted molar refractivity (Wildman–Crippen MR) is 129 cm³/mol. The van der Waals surface area contributed by atoms with Crippen LogP contribution < -0.4 is 35.3 Å². The largest absolute Gasteiger partial charge is 1.00 e. The van der Waals surface area contributed by atoms with Crippen molar-refractivity contribution in [3.8, 4) is 0 Å². The first-order valence-corrected chi connectivity index (χ1v) is 13.7. The van der Waals surface area contributed by atoms with Crippen LogP contribution in [0.3, 0.4) is 0 Å². The van der Waals surface area contributed by atoms with Crippen LogP contribution >= 0.6 is 0 Å². The Morgan fingerprint density at radius 3 is 2.19 bits per heavy atom. The number of benzene rings is 1. The summed E-state index contributed by atoms with van der Waals surface area (Å²) in [6.07, 6.45) is 15.6. The molecule has 0 radical (unpaired) electrons. The molecule has 0 saturated carbocycles. The molecule has 1 aromatic carbocycles. The van der Waals surface area contributed by atoms with Gasteiger partial charge in [-0.15, -0.1) is 0 Å². The Hall–Kier alpha value is -0.747. The number of hydrogen-bond donors (Lipinski definition) is 0. The van der Waals surface area contributed by atoms with Crippen LogP contribution in [0.4, 0.5) is 0 Å². The molecule has 0 aromatic heterocycles. The van der Waals surface area contributed by atoms with E-state index in [-0.39, 0.29) is 41.1 Å². The molecular weight excluding hydrogens is 510 g/mol. The molecule has 0 amide bonds. The SMILES string of the molecule is C[C](C)=[Zr+2][C]1=C2C=c3cc(C(C)(C)C)ccc3=C2C=CC1(C1=CC=CC1)C(C)(C)C.[Cl-].[Cl-]. The number of halogens is 2. The van der Waals surface area contributed by atoms with Crippen molar-refractivity contribution < 1.29 is 47.6 Å². The van der Waals surface area contributed by atoms with Gasteiger partial charge in [0.1, 0.15) is 0 Å². The van der Waals surface area contributed by atoms with E-state index in [1.807, 2.05) is 0 Å². The molecule has 0 spiro atoms. The van der Waals surface area contributed by atoms with Crippen LogP contribution in [0.25, 0.3) is 11.6 Å². The van der Waals surface area contributed by atoms with E-state index in [0.717, 1.165) is 6.42 Å². The monoisotopic (exact) mass is 543 g/mol. The normalized spacial score (nSPS) is 21.1. The van der Waals surface area contributed by atoms with E-state index < -0.39 is 22.8 Å². The Labute approximate surface area is 218 Å². The smallest absolute Gasteiger partial charge is 1.00 e. The Kier molecular flexibility index (Phi) is 8.15. The van der Waals surface area contributed by atoms with Gasteiger partial charge in [0.05, 0.1) is 0 Å². The van der Waals surface area contributed by atoms with Gasteiger partial charge in [-0.25, -0.2) is 0 Å². The van der Waals surface area contributed by atoms with Crippen molar-refractivity contribution >= 4 is 14.9 Å². The zero-order chi connectivity index (χ0) is 21.9. The Morgan fingerprint density at radius 2 is 1.66 bits per heavy atom. The summed E-state index contributed by atoms with van der Waals surface area (Å²) < 4.78 is 3.40. The summed E-state index contributed by atoms with van der Waals surface area (Å²) in [7, 11) is 0. The fourth-order valence-electron chi connectivity index (χ4n) is 5.19. The molecule has 1 aromatic rings. The van der Waals surface area contributed by atoms with Crippen molar-refractivity contribution in [1.29, 1.82) is 0 Å². The first-order chi connectivity index (χ1) is 13.9.